The molecule has 2 aromatic rings. The highest BCUT2D eigenvalue weighted by atomic mass is 79.9. The van der Waals surface area contributed by atoms with E-state index in [-0.39, 0.29) is 12.4 Å². The summed E-state index contributed by atoms with van der Waals surface area (Å²) in [6.07, 6.45) is 0. The summed E-state index contributed by atoms with van der Waals surface area (Å²) in [6.45, 7) is -0.0419. The normalized spacial score (nSPS) is 11.5. The molecular formula is C14H13BrO3S. The second-order valence-electron chi connectivity index (χ2n) is 4.19. The Morgan fingerprint density at radius 1 is 0.895 bits per heavy atom. The summed E-state index contributed by atoms with van der Waals surface area (Å²) < 4.78 is 25.3. The lowest BCUT2D eigenvalue weighted by molar-refractivity contribution is 0.282. The molecule has 3 nitrogen and oxygen atoms in total. The fraction of sp³-hybridized carbons (Fsp3) is 0.143. The van der Waals surface area contributed by atoms with Gasteiger partial charge in [0.2, 0.25) is 0 Å². The van der Waals surface area contributed by atoms with Crippen molar-refractivity contribution < 1.29 is 13.5 Å². The van der Waals surface area contributed by atoms with Crippen LogP contribution in [0.3, 0.4) is 0 Å². The van der Waals surface area contributed by atoms with Crippen molar-refractivity contribution in [1.82, 2.24) is 0 Å². The summed E-state index contributed by atoms with van der Waals surface area (Å²) in [6, 6.07) is 13.5. The van der Waals surface area contributed by atoms with E-state index in [4.69, 9.17) is 5.11 Å². The van der Waals surface area contributed by atoms with Crippen LogP contribution in [0.1, 0.15) is 11.1 Å². The molecule has 0 heterocycles. The third-order valence-electron chi connectivity index (χ3n) is 2.73. The quantitative estimate of drug-likeness (QED) is 0.930. The molecule has 0 amide bonds. The van der Waals surface area contributed by atoms with Gasteiger partial charge in [0.25, 0.3) is 0 Å². The summed E-state index contributed by atoms with van der Waals surface area (Å²) in [7, 11) is -3.33. The third-order valence-corrected chi connectivity index (χ3v) is 4.97. The number of aliphatic hydroxyl groups excluding tert-OH is 1. The summed E-state index contributed by atoms with van der Waals surface area (Å²) >= 11 is 3.28. The van der Waals surface area contributed by atoms with E-state index in [9.17, 15) is 8.42 Å². The molecular weight excluding hydrogens is 328 g/mol. The van der Waals surface area contributed by atoms with Crippen LogP contribution in [0.2, 0.25) is 0 Å². The van der Waals surface area contributed by atoms with Gasteiger partial charge in [0.1, 0.15) is 0 Å². The largest absolute Gasteiger partial charge is 0.392 e. The van der Waals surface area contributed by atoms with Gasteiger partial charge in [0.15, 0.2) is 9.84 Å². The van der Waals surface area contributed by atoms with Crippen LogP contribution in [0, 0.1) is 0 Å². The molecule has 5 heteroatoms. The lowest BCUT2D eigenvalue weighted by Gasteiger charge is -2.05. The van der Waals surface area contributed by atoms with Crippen LogP contribution < -0.4 is 0 Å². The predicted molar refractivity (Wildman–Crippen MR) is 77.4 cm³/mol. The molecule has 0 fully saturated rings. The van der Waals surface area contributed by atoms with Crippen LogP contribution in [-0.4, -0.2) is 13.5 Å². The predicted octanol–water partition coefficient (Wildman–Crippen LogP) is 2.92. The second-order valence-corrected chi connectivity index (χ2v) is 7.09. The highest BCUT2D eigenvalue weighted by molar-refractivity contribution is 9.10. The van der Waals surface area contributed by atoms with E-state index in [1.54, 1.807) is 48.5 Å². The standard InChI is InChI=1S/C14H13BrO3S/c15-13-5-7-14(8-6-13)19(17,18)10-12-3-1-11(9-16)2-4-12/h1-8,16H,9-10H2. The Morgan fingerprint density at radius 3 is 1.95 bits per heavy atom. The molecule has 1 N–H and O–H groups in total. The smallest absolute Gasteiger partial charge is 0.182 e. The molecule has 0 bridgehead atoms. The van der Waals surface area contributed by atoms with Gasteiger partial charge in [-0.3, -0.25) is 0 Å². The van der Waals surface area contributed by atoms with Gasteiger partial charge in [-0.2, -0.15) is 0 Å². The Bertz CT molecular complexity index is 646. The van der Waals surface area contributed by atoms with Gasteiger partial charge in [0, 0.05) is 4.47 Å². The van der Waals surface area contributed by atoms with Gasteiger partial charge in [-0.15, -0.1) is 0 Å². The van der Waals surface area contributed by atoms with Crippen LogP contribution in [-0.2, 0) is 22.2 Å². The molecule has 0 unspecified atom stereocenters. The van der Waals surface area contributed by atoms with Crippen LogP contribution in [0.4, 0.5) is 0 Å². The molecule has 2 aromatic carbocycles. The molecule has 0 atom stereocenters. The zero-order valence-electron chi connectivity index (χ0n) is 10.1. The molecule has 19 heavy (non-hydrogen) atoms. The van der Waals surface area contributed by atoms with Crippen molar-refractivity contribution >= 4 is 25.8 Å². The van der Waals surface area contributed by atoms with Gasteiger partial charge in [0.05, 0.1) is 17.3 Å². The van der Waals surface area contributed by atoms with Crippen molar-refractivity contribution in [2.75, 3.05) is 0 Å². The molecule has 2 rings (SSSR count). The first-order valence-corrected chi connectivity index (χ1v) is 8.13. The van der Waals surface area contributed by atoms with Gasteiger partial charge in [-0.25, -0.2) is 8.42 Å². The molecule has 0 spiro atoms. The third kappa shape index (κ3) is 3.65. The van der Waals surface area contributed by atoms with E-state index < -0.39 is 9.84 Å². The van der Waals surface area contributed by atoms with Crippen LogP contribution >= 0.6 is 15.9 Å². The first kappa shape index (κ1) is 14.2. The first-order chi connectivity index (χ1) is 9.01. The van der Waals surface area contributed by atoms with E-state index in [1.807, 2.05) is 0 Å². The Kier molecular flexibility index (Phi) is 4.39. The van der Waals surface area contributed by atoms with Crippen molar-refractivity contribution in [3.05, 3.63) is 64.1 Å². The van der Waals surface area contributed by atoms with Crippen LogP contribution in [0.25, 0.3) is 0 Å². The van der Waals surface area contributed by atoms with Gasteiger partial charge >= 0.3 is 0 Å². The van der Waals surface area contributed by atoms with Crippen molar-refractivity contribution in [2.24, 2.45) is 0 Å². The van der Waals surface area contributed by atoms with E-state index in [0.717, 1.165) is 10.0 Å². The van der Waals surface area contributed by atoms with Crippen LogP contribution in [0.5, 0.6) is 0 Å². The number of aliphatic hydroxyl groups is 1. The highest BCUT2D eigenvalue weighted by Gasteiger charge is 2.14. The maximum atomic E-state index is 12.2. The SMILES string of the molecule is O=S(=O)(Cc1ccc(CO)cc1)c1ccc(Br)cc1. The minimum Gasteiger partial charge on any atom is -0.392 e. The fourth-order valence-electron chi connectivity index (χ4n) is 1.69. The first-order valence-electron chi connectivity index (χ1n) is 5.68. The molecule has 0 radical (unpaired) electrons. The number of sulfone groups is 1. The number of hydrogen-bond donors (Lipinski definition) is 1. The molecule has 100 valence electrons. The van der Waals surface area contributed by atoms with Crippen LogP contribution in [0.15, 0.2) is 57.9 Å². The lowest BCUT2D eigenvalue weighted by Crippen LogP contribution is -2.04. The summed E-state index contributed by atoms with van der Waals surface area (Å²) in [4.78, 5) is 0.307. The Labute approximate surface area is 121 Å². The van der Waals surface area contributed by atoms with E-state index >= 15 is 0 Å². The topological polar surface area (TPSA) is 54.4 Å². The Balaban J connectivity index is 2.23. The van der Waals surface area contributed by atoms with E-state index in [2.05, 4.69) is 15.9 Å². The fourth-order valence-corrected chi connectivity index (χ4v) is 3.30. The lowest BCUT2D eigenvalue weighted by atomic mass is 10.2. The number of rotatable bonds is 4. The molecule has 0 aromatic heterocycles. The Hall–Kier alpha value is -1.17. The second kappa shape index (κ2) is 5.86. The summed E-state index contributed by atoms with van der Waals surface area (Å²) in [5.41, 5.74) is 1.48. The molecule has 0 saturated heterocycles. The number of halogens is 1. The average Bonchev–Trinajstić information content (AvgIpc) is 2.40. The van der Waals surface area contributed by atoms with Gasteiger partial charge in [-0.1, -0.05) is 40.2 Å². The molecule has 0 aliphatic carbocycles. The minimum absolute atomic E-state index is 0.0413. The minimum atomic E-state index is -3.33. The monoisotopic (exact) mass is 340 g/mol. The zero-order valence-corrected chi connectivity index (χ0v) is 12.5. The molecule has 0 aliphatic heterocycles. The Morgan fingerprint density at radius 2 is 1.42 bits per heavy atom. The van der Waals surface area contributed by atoms with Crippen molar-refractivity contribution in [3.63, 3.8) is 0 Å². The summed E-state index contributed by atoms with van der Waals surface area (Å²) in [5.74, 6) is -0.0413. The molecule has 0 saturated carbocycles. The maximum absolute atomic E-state index is 12.2. The zero-order chi connectivity index (χ0) is 13.9. The summed E-state index contributed by atoms with van der Waals surface area (Å²) in [5, 5.41) is 8.94. The van der Waals surface area contributed by atoms with Crippen molar-refractivity contribution in [1.29, 1.82) is 0 Å². The number of hydrogen-bond acceptors (Lipinski definition) is 3. The average molecular weight is 341 g/mol. The maximum Gasteiger partial charge on any atom is 0.182 e. The number of benzene rings is 2. The van der Waals surface area contributed by atoms with E-state index in [1.165, 1.54) is 0 Å². The van der Waals surface area contributed by atoms with Gasteiger partial charge < -0.3 is 5.11 Å². The highest BCUT2D eigenvalue weighted by Crippen LogP contribution is 2.19. The molecule has 0 aliphatic rings. The van der Waals surface area contributed by atoms with Crippen molar-refractivity contribution in [3.8, 4) is 0 Å². The van der Waals surface area contributed by atoms with Gasteiger partial charge in [-0.05, 0) is 35.4 Å². The van der Waals surface area contributed by atoms with Crippen molar-refractivity contribution in [2.45, 2.75) is 17.3 Å². The van der Waals surface area contributed by atoms with E-state index in [0.29, 0.717) is 10.5 Å².